The summed E-state index contributed by atoms with van der Waals surface area (Å²) < 4.78 is 5.18. The van der Waals surface area contributed by atoms with Crippen LogP contribution in [0.5, 0.6) is 0 Å². The summed E-state index contributed by atoms with van der Waals surface area (Å²) in [6.07, 6.45) is 2.85. The van der Waals surface area contributed by atoms with Gasteiger partial charge < -0.3 is 15.2 Å². The number of hydrogen-bond acceptors (Lipinski definition) is 6. The lowest BCUT2D eigenvalue weighted by atomic mass is 10.1. The Kier molecular flexibility index (Phi) is 4.62. The van der Waals surface area contributed by atoms with Crippen molar-refractivity contribution in [3.05, 3.63) is 22.7 Å². The molecule has 1 aliphatic heterocycles. The lowest BCUT2D eigenvalue weighted by Gasteiger charge is -2.23. The Morgan fingerprint density at radius 2 is 2.33 bits per heavy atom. The molecule has 3 heterocycles. The highest BCUT2D eigenvalue weighted by molar-refractivity contribution is 7.08. The van der Waals surface area contributed by atoms with Crippen LogP contribution in [0.2, 0.25) is 0 Å². The van der Waals surface area contributed by atoms with E-state index in [2.05, 4.69) is 20.8 Å². The number of nitrogens with zero attached hydrogens (tertiary/aromatic N) is 2. The Hall–Kier alpha value is -1.73. The van der Waals surface area contributed by atoms with E-state index in [1.807, 2.05) is 16.8 Å². The average molecular weight is 306 g/mol. The molecular formula is C14H18N4O2S. The number of nitrogens with one attached hydrogen (secondary N) is 2. The van der Waals surface area contributed by atoms with Crippen molar-refractivity contribution < 1.29 is 9.32 Å². The van der Waals surface area contributed by atoms with Crippen LogP contribution < -0.4 is 10.6 Å². The zero-order valence-electron chi connectivity index (χ0n) is 11.7. The minimum absolute atomic E-state index is 0.0529. The molecule has 0 atom stereocenters. The van der Waals surface area contributed by atoms with E-state index >= 15 is 0 Å². The fourth-order valence-corrected chi connectivity index (χ4v) is 2.99. The summed E-state index contributed by atoms with van der Waals surface area (Å²) in [6.45, 7) is 1.94. The molecule has 0 saturated carbocycles. The Bertz CT molecular complexity index is 576. The van der Waals surface area contributed by atoms with E-state index in [-0.39, 0.29) is 5.91 Å². The molecule has 0 radical (unpaired) electrons. The number of rotatable bonds is 5. The van der Waals surface area contributed by atoms with Crippen molar-refractivity contribution in [3.8, 4) is 11.4 Å². The van der Waals surface area contributed by atoms with Crippen LogP contribution in [0.15, 0.2) is 21.3 Å². The number of aromatic nitrogens is 2. The van der Waals surface area contributed by atoms with E-state index in [9.17, 15) is 4.79 Å². The highest BCUT2D eigenvalue weighted by Crippen LogP contribution is 2.18. The third kappa shape index (κ3) is 3.89. The number of amides is 1. The van der Waals surface area contributed by atoms with Crippen LogP contribution in [0.4, 0.5) is 0 Å². The van der Waals surface area contributed by atoms with Gasteiger partial charge in [-0.15, -0.1) is 0 Å². The largest absolute Gasteiger partial charge is 0.353 e. The fourth-order valence-electron chi connectivity index (χ4n) is 2.35. The first-order valence-electron chi connectivity index (χ1n) is 7.16. The molecular weight excluding hydrogens is 288 g/mol. The summed E-state index contributed by atoms with van der Waals surface area (Å²) in [6, 6.07) is 2.24. The molecule has 112 valence electrons. The molecule has 1 aliphatic rings. The van der Waals surface area contributed by atoms with Crippen molar-refractivity contribution >= 4 is 17.2 Å². The monoisotopic (exact) mass is 306 g/mol. The summed E-state index contributed by atoms with van der Waals surface area (Å²) in [7, 11) is 0. The van der Waals surface area contributed by atoms with E-state index in [0.29, 0.717) is 30.6 Å². The van der Waals surface area contributed by atoms with Gasteiger partial charge in [-0.2, -0.15) is 16.3 Å². The number of carbonyl (C=O) groups is 1. The number of carbonyl (C=O) groups excluding carboxylic acids is 1. The lowest BCUT2D eigenvalue weighted by molar-refractivity contribution is -0.122. The van der Waals surface area contributed by atoms with E-state index in [4.69, 9.17) is 4.52 Å². The number of aryl methyl sites for hydroxylation is 1. The van der Waals surface area contributed by atoms with Gasteiger partial charge in [-0.3, -0.25) is 4.79 Å². The third-order valence-electron chi connectivity index (χ3n) is 3.52. The summed E-state index contributed by atoms with van der Waals surface area (Å²) in [4.78, 5) is 16.2. The molecule has 0 unspecified atom stereocenters. The second-order valence-electron chi connectivity index (χ2n) is 5.12. The van der Waals surface area contributed by atoms with Crippen molar-refractivity contribution in [1.29, 1.82) is 0 Å². The molecule has 1 amide bonds. The van der Waals surface area contributed by atoms with Crippen LogP contribution >= 0.6 is 11.3 Å². The maximum atomic E-state index is 11.9. The van der Waals surface area contributed by atoms with Gasteiger partial charge in [0.05, 0.1) is 0 Å². The van der Waals surface area contributed by atoms with Crippen LogP contribution in [0.3, 0.4) is 0 Å². The Balaban J connectivity index is 1.47. The van der Waals surface area contributed by atoms with Gasteiger partial charge in [0.1, 0.15) is 0 Å². The van der Waals surface area contributed by atoms with Crippen LogP contribution in [0.25, 0.3) is 11.4 Å². The number of thiophene rings is 1. The quantitative estimate of drug-likeness (QED) is 0.877. The molecule has 0 aliphatic carbocycles. The molecule has 2 aromatic rings. The Morgan fingerprint density at radius 1 is 1.48 bits per heavy atom. The van der Waals surface area contributed by atoms with Gasteiger partial charge in [-0.05, 0) is 37.4 Å². The maximum absolute atomic E-state index is 11.9. The van der Waals surface area contributed by atoms with Gasteiger partial charge in [0.25, 0.3) is 0 Å². The highest BCUT2D eigenvalue weighted by atomic mass is 32.1. The normalized spacial score (nSPS) is 16.0. The van der Waals surface area contributed by atoms with Gasteiger partial charge in [0.2, 0.25) is 17.6 Å². The van der Waals surface area contributed by atoms with Crippen molar-refractivity contribution in [2.45, 2.75) is 31.7 Å². The molecule has 1 saturated heterocycles. The zero-order chi connectivity index (χ0) is 14.5. The van der Waals surface area contributed by atoms with Gasteiger partial charge in [-0.25, -0.2) is 0 Å². The lowest BCUT2D eigenvalue weighted by Crippen LogP contribution is -2.42. The molecule has 2 N–H and O–H groups in total. The SMILES string of the molecule is O=C(CCc1nc(-c2ccsc2)no1)NC1CCNCC1. The van der Waals surface area contributed by atoms with Crippen molar-refractivity contribution in [2.24, 2.45) is 0 Å². The molecule has 0 spiro atoms. The minimum Gasteiger partial charge on any atom is -0.353 e. The summed E-state index contributed by atoms with van der Waals surface area (Å²) >= 11 is 1.59. The smallest absolute Gasteiger partial charge is 0.227 e. The standard InChI is InChI=1S/C14H18N4O2S/c19-12(16-11-3-6-15-7-4-11)1-2-13-17-14(18-20-13)10-5-8-21-9-10/h5,8-9,11,15H,1-4,6-7H2,(H,16,19). The van der Waals surface area contributed by atoms with Crippen LogP contribution in [0.1, 0.15) is 25.2 Å². The van der Waals surface area contributed by atoms with E-state index in [1.54, 1.807) is 11.3 Å². The first kappa shape index (κ1) is 14.2. The van der Waals surface area contributed by atoms with Crippen LogP contribution in [-0.2, 0) is 11.2 Å². The maximum Gasteiger partial charge on any atom is 0.227 e. The minimum atomic E-state index is 0.0529. The van der Waals surface area contributed by atoms with E-state index < -0.39 is 0 Å². The van der Waals surface area contributed by atoms with E-state index in [0.717, 1.165) is 31.5 Å². The Labute approximate surface area is 126 Å². The third-order valence-corrected chi connectivity index (χ3v) is 4.20. The Morgan fingerprint density at radius 3 is 3.10 bits per heavy atom. The van der Waals surface area contributed by atoms with Gasteiger partial charge in [-0.1, -0.05) is 5.16 Å². The summed E-state index contributed by atoms with van der Waals surface area (Å²) in [5.74, 6) is 1.15. The van der Waals surface area contributed by atoms with Gasteiger partial charge in [0.15, 0.2) is 0 Å². The number of piperidine rings is 1. The average Bonchev–Trinajstić information content (AvgIpc) is 3.17. The molecule has 0 bridgehead atoms. The van der Waals surface area contributed by atoms with Crippen LogP contribution in [-0.4, -0.2) is 35.2 Å². The van der Waals surface area contributed by atoms with E-state index in [1.165, 1.54) is 0 Å². The fraction of sp³-hybridized carbons (Fsp3) is 0.500. The molecule has 1 fully saturated rings. The topological polar surface area (TPSA) is 80.0 Å². The number of hydrogen-bond donors (Lipinski definition) is 2. The molecule has 21 heavy (non-hydrogen) atoms. The molecule has 6 nitrogen and oxygen atoms in total. The summed E-state index contributed by atoms with van der Waals surface area (Å²) in [5.41, 5.74) is 0.953. The van der Waals surface area contributed by atoms with Crippen LogP contribution in [0, 0.1) is 0 Å². The van der Waals surface area contributed by atoms with Crippen molar-refractivity contribution in [2.75, 3.05) is 13.1 Å². The summed E-state index contributed by atoms with van der Waals surface area (Å²) in [5, 5.41) is 14.2. The van der Waals surface area contributed by atoms with Crippen molar-refractivity contribution in [1.82, 2.24) is 20.8 Å². The molecule has 0 aromatic carbocycles. The molecule has 7 heteroatoms. The first-order chi connectivity index (χ1) is 10.3. The highest BCUT2D eigenvalue weighted by Gasteiger charge is 2.16. The predicted octanol–water partition coefficient (Wildman–Crippen LogP) is 1.60. The molecule has 3 rings (SSSR count). The van der Waals surface area contributed by atoms with Gasteiger partial charge in [0, 0.05) is 29.8 Å². The molecule has 2 aromatic heterocycles. The second kappa shape index (κ2) is 6.82. The second-order valence-corrected chi connectivity index (χ2v) is 5.90. The van der Waals surface area contributed by atoms with Crippen molar-refractivity contribution in [3.63, 3.8) is 0 Å². The zero-order valence-corrected chi connectivity index (χ0v) is 12.5. The predicted molar refractivity (Wildman–Crippen MR) is 80.0 cm³/mol. The van der Waals surface area contributed by atoms with Gasteiger partial charge >= 0.3 is 0 Å². The first-order valence-corrected chi connectivity index (χ1v) is 8.11.